The van der Waals surface area contributed by atoms with Gasteiger partial charge in [0.05, 0.1) is 18.3 Å². The Bertz CT molecular complexity index is 754. The molecule has 4 rings (SSSR count). The van der Waals surface area contributed by atoms with Crippen molar-refractivity contribution in [2.75, 3.05) is 0 Å². The second-order valence-corrected chi connectivity index (χ2v) is 12.7. The summed E-state index contributed by atoms with van der Waals surface area (Å²) in [5.41, 5.74) is 2.82. The molecule has 0 aromatic rings. The highest BCUT2D eigenvalue weighted by Gasteiger charge is 2.59. The zero-order chi connectivity index (χ0) is 23.4. The van der Waals surface area contributed by atoms with E-state index in [2.05, 4.69) is 53.7 Å². The number of aliphatic hydroxyl groups is 3. The first-order valence-electron chi connectivity index (χ1n) is 13.5. The van der Waals surface area contributed by atoms with E-state index in [0.29, 0.717) is 48.3 Å². The third-order valence-electron chi connectivity index (χ3n) is 11.0. The molecule has 3 N–H and O–H groups in total. The minimum Gasteiger partial charge on any atom is -0.393 e. The van der Waals surface area contributed by atoms with Crippen LogP contribution in [0, 0.1) is 46.3 Å². The van der Waals surface area contributed by atoms with E-state index in [-0.39, 0.29) is 16.9 Å². The van der Waals surface area contributed by atoms with Gasteiger partial charge < -0.3 is 15.3 Å². The lowest BCUT2D eigenvalue weighted by Gasteiger charge is -2.56. The zero-order valence-electron chi connectivity index (χ0n) is 21.3. The Hall–Kier alpha value is -0.640. The van der Waals surface area contributed by atoms with E-state index in [1.807, 2.05) is 0 Å². The maximum Gasteiger partial charge on any atom is 0.0661 e. The summed E-state index contributed by atoms with van der Waals surface area (Å²) in [7, 11) is 0. The molecule has 4 aliphatic rings. The lowest BCUT2D eigenvalue weighted by Crippen LogP contribution is -2.52. The smallest absolute Gasteiger partial charge is 0.0661 e. The van der Waals surface area contributed by atoms with E-state index >= 15 is 0 Å². The first-order chi connectivity index (χ1) is 15.0. The molecular formula is C29H48O3. The number of aliphatic hydroxyl groups excluding tert-OH is 3. The summed E-state index contributed by atoms with van der Waals surface area (Å²) in [5.74, 6) is 3.06. The molecule has 3 heteroatoms. The SMILES string of the molecule is CC[C@H](C[C@@H](O)[C@@H](C)[C@H]1CC[C@H]2C3=CC=C4C[C@@H](O)C[C@H](O)[C@]4(C)[C@H]3CC[C@]12C)C(C)C. The van der Waals surface area contributed by atoms with E-state index in [9.17, 15) is 15.3 Å². The normalized spacial score (nSPS) is 44.1. The highest BCUT2D eigenvalue weighted by atomic mass is 16.3. The van der Waals surface area contributed by atoms with Crippen molar-refractivity contribution >= 4 is 0 Å². The van der Waals surface area contributed by atoms with Crippen LogP contribution in [0.25, 0.3) is 0 Å². The van der Waals surface area contributed by atoms with Gasteiger partial charge in [0.2, 0.25) is 0 Å². The van der Waals surface area contributed by atoms with Gasteiger partial charge in [-0.25, -0.2) is 0 Å². The first-order valence-corrected chi connectivity index (χ1v) is 13.5. The number of allylic oxidation sites excluding steroid dienone is 3. The molecule has 0 aromatic heterocycles. The summed E-state index contributed by atoms with van der Waals surface area (Å²) in [6, 6.07) is 0. The van der Waals surface area contributed by atoms with Crippen LogP contribution in [0.5, 0.6) is 0 Å². The predicted octanol–water partition coefficient (Wildman–Crippen LogP) is 5.89. The van der Waals surface area contributed by atoms with Gasteiger partial charge in [0, 0.05) is 11.8 Å². The molecular weight excluding hydrogens is 396 g/mol. The summed E-state index contributed by atoms with van der Waals surface area (Å²) in [6.45, 7) is 13.9. The van der Waals surface area contributed by atoms with Crippen LogP contribution >= 0.6 is 0 Å². The summed E-state index contributed by atoms with van der Waals surface area (Å²) in [5, 5.41) is 32.6. The van der Waals surface area contributed by atoms with Crippen LogP contribution in [0.4, 0.5) is 0 Å². The van der Waals surface area contributed by atoms with E-state index in [0.717, 1.165) is 19.3 Å². The number of fused-ring (bicyclic) bond motifs is 5. The van der Waals surface area contributed by atoms with Gasteiger partial charge in [-0.05, 0) is 79.4 Å². The summed E-state index contributed by atoms with van der Waals surface area (Å²) in [4.78, 5) is 0. The van der Waals surface area contributed by atoms with Gasteiger partial charge >= 0.3 is 0 Å². The van der Waals surface area contributed by atoms with Gasteiger partial charge in [0.1, 0.15) is 0 Å². The topological polar surface area (TPSA) is 60.7 Å². The molecule has 4 aliphatic carbocycles. The molecule has 0 spiro atoms. The minimum absolute atomic E-state index is 0.216. The monoisotopic (exact) mass is 444 g/mol. The molecule has 10 atom stereocenters. The van der Waals surface area contributed by atoms with Crippen molar-refractivity contribution in [2.24, 2.45) is 46.3 Å². The molecule has 0 saturated heterocycles. The lowest BCUT2D eigenvalue weighted by molar-refractivity contribution is -0.0583. The van der Waals surface area contributed by atoms with Crippen molar-refractivity contribution in [3.05, 3.63) is 23.3 Å². The van der Waals surface area contributed by atoms with Crippen molar-refractivity contribution in [1.82, 2.24) is 0 Å². The van der Waals surface area contributed by atoms with Crippen molar-refractivity contribution in [3.8, 4) is 0 Å². The molecule has 0 amide bonds. The molecule has 0 aliphatic heterocycles. The molecule has 0 bridgehead atoms. The molecule has 32 heavy (non-hydrogen) atoms. The van der Waals surface area contributed by atoms with E-state index in [1.54, 1.807) is 5.57 Å². The van der Waals surface area contributed by atoms with Crippen LogP contribution in [-0.2, 0) is 0 Å². The Kier molecular flexibility index (Phi) is 6.78. The Labute approximate surface area is 196 Å². The van der Waals surface area contributed by atoms with Gasteiger partial charge in [-0.15, -0.1) is 0 Å². The van der Waals surface area contributed by atoms with Crippen LogP contribution in [0.15, 0.2) is 23.3 Å². The van der Waals surface area contributed by atoms with Crippen molar-refractivity contribution in [1.29, 1.82) is 0 Å². The molecule has 0 aromatic carbocycles. The van der Waals surface area contributed by atoms with E-state index in [1.165, 1.54) is 24.8 Å². The van der Waals surface area contributed by atoms with Crippen LogP contribution in [-0.4, -0.2) is 33.6 Å². The molecule has 0 unspecified atom stereocenters. The third-order valence-corrected chi connectivity index (χ3v) is 11.0. The zero-order valence-corrected chi connectivity index (χ0v) is 21.3. The highest BCUT2D eigenvalue weighted by molar-refractivity contribution is 5.40. The van der Waals surface area contributed by atoms with Crippen LogP contribution in [0.3, 0.4) is 0 Å². The third kappa shape index (κ3) is 3.75. The number of hydrogen-bond acceptors (Lipinski definition) is 3. The van der Waals surface area contributed by atoms with E-state index in [4.69, 9.17) is 0 Å². The van der Waals surface area contributed by atoms with Crippen molar-refractivity contribution < 1.29 is 15.3 Å². The first kappa shape index (κ1) is 24.5. The average Bonchev–Trinajstić information content (AvgIpc) is 3.09. The molecule has 0 radical (unpaired) electrons. The average molecular weight is 445 g/mol. The van der Waals surface area contributed by atoms with Crippen LogP contribution < -0.4 is 0 Å². The Balaban J connectivity index is 1.56. The Morgan fingerprint density at radius 1 is 1.03 bits per heavy atom. The fourth-order valence-corrected chi connectivity index (χ4v) is 8.66. The predicted molar refractivity (Wildman–Crippen MR) is 131 cm³/mol. The summed E-state index contributed by atoms with van der Waals surface area (Å²) in [6.07, 6.45) is 11.5. The second-order valence-electron chi connectivity index (χ2n) is 12.7. The molecule has 3 fully saturated rings. The van der Waals surface area contributed by atoms with Crippen molar-refractivity contribution in [3.63, 3.8) is 0 Å². The molecule has 0 heterocycles. The van der Waals surface area contributed by atoms with Gasteiger partial charge in [0.25, 0.3) is 0 Å². The van der Waals surface area contributed by atoms with Gasteiger partial charge in [0.15, 0.2) is 0 Å². The van der Waals surface area contributed by atoms with Gasteiger partial charge in [-0.1, -0.05) is 71.3 Å². The van der Waals surface area contributed by atoms with E-state index < -0.39 is 12.2 Å². The maximum atomic E-state index is 11.2. The molecule has 3 nitrogen and oxygen atoms in total. The van der Waals surface area contributed by atoms with Gasteiger partial charge in [-0.2, -0.15) is 0 Å². The fourth-order valence-electron chi connectivity index (χ4n) is 8.66. The maximum absolute atomic E-state index is 11.2. The number of hydrogen-bond donors (Lipinski definition) is 3. The van der Waals surface area contributed by atoms with Crippen molar-refractivity contribution in [2.45, 2.75) is 111 Å². The van der Waals surface area contributed by atoms with Gasteiger partial charge in [-0.3, -0.25) is 0 Å². The fraction of sp³-hybridized carbons (Fsp3) is 0.862. The Morgan fingerprint density at radius 2 is 1.75 bits per heavy atom. The molecule has 182 valence electrons. The van der Waals surface area contributed by atoms with Crippen LogP contribution in [0.1, 0.15) is 92.9 Å². The summed E-state index contributed by atoms with van der Waals surface area (Å²) < 4.78 is 0. The second kappa shape index (κ2) is 8.86. The highest BCUT2D eigenvalue weighted by Crippen LogP contribution is 2.66. The largest absolute Gasteiger partial charge is 0.393 e. The standard InChI is InChI=1S/C29H48O3/c1-7-19(17(2)3)14-26(31)18(4)23-10-11-24-22-9-8-20-15-21(30)16-27(32)29(20,6)25(22)12-13-28(23,24)5/h8-9,17-19,21,23-27,30-32H,7,10-16H2,1-6H3/t18-,19+,21+,23+,24-,25-,26+,27-,28+,29-/m0/s1. The minimum atomic E-state index is -0.462. The van der Waals surface area contributed by atoms with Crippen LogP contribution in [0.2, 0.25) is 0 Å². The lowest BCUT2D eigenvalue weighted by atomic mass is 9.49. The Morgan fingerprint density at radius 3 is 2.41 bits per heavy atom. The quantitative estimate of drug-likeness (QED) is 0.479. The molecule has 3 saturated carbocycles. The number of rotatable bonds is 6. The summed E-state index contributed by atoms with van der Waals surface area (Å²) >= 11 is 0.